The van der Waals surface area contributed by atoms with Crippen LogP contribution in [-0.2, 0) is 6.54 Å². The van der Waals surface area contributed by atoms with Crippen molar-refractivity contribution >= 4 is 22.3 Å². The third kappa shape index (κ3) is 4.98. The van der Waals surface area contributed by atoms with E-state index in [1.165, 1.54) is 38.8 Å². The fourth-order valence-electron chi connectivity index (χ4n) is 3.67. The van der Waals surface area contributed by atoms with E-state index in [1.807, 2.05) is 13.2 Å². The van der Waals surface area contributed by atoms with Gasteiger partial charge in [0.1, 0.15) is 0 Å². The highest BCUT2D eigenvalue weighted by Gasteiger charge is 2.22. The molecule has 1 unspecified atom stereocenters. The number of hydrogen-bond donors (Lipinski definition) is 2. The number of imidazole rings is 1. The third-order valence-corrected chi connectivity index (χ3v) is 5.93. The Balaban J connectivity index is 1.51. The number of nitrogens with one attached hydrogen (secondary N) is 2. The van der Waals surface area contributed by atoms with E-state index in [9.17, 15) is 0 Å². The Morgan fingerprint density at radius 2 is 2.00 bits per heavy atom. The first-order chi connectivity index (χ1) is 12.7. The lowest BCUT2D eigenvalue weighted by molar-refractivity contribution is 0.161. The molecule has 0 aliphatic carbocycles. The first kappa shape index (κ1) is 19.2. The fourth-order valence-corrected chi connectivity index (χ4v) is 4.39. The maximum Gasteiger partial charge on any atom is 0.193 e. The van der Waals surface area contributed by atoms with Gasteiger partial charge in [-0.25, -0.2) is 4.98 Å². The number of aliphatic imine (C=N–C) groups is 1. The second kappa shape index (κ2) is 9.37. The minimum Gasteiger partial charge on any atom is -0.355 e. The van der Waals surface area contributed by atoms with Crippen molar-refractivity contribution in [2.75, 3.05) is 26.7 Å². The average Bonchev–Trinajstić information content (AvgIpc) is 3.10. The molecule has 0 spiro atoms. The molecule has 7 heteroatoms. The molecule has 0 aromatic carbocycles. The highest BCUT2D eigenvalue weighted by Crippen LogP contribution is 2.17. The normalized spacial score (nSPS) is 18.2. The maximum absolute atomic E-state index is 4.61. The zero-order valence-corrected chi connectivity index (χ0v) is 17.1. The van der Waals surface area contributed by atoms with Crippen LogP contribution in [0.15, 0.2) is 22.8 Å². The Labute approximate surface area is 160 Å². The summed E-state index contributed by atoms with van der Waals surface area (Å²) in [5, 5.41) is 8.98. The second-order valence-corrected chi connectivity index (χ2v) is 8.27. The first-order valence-electron chi connectivity index (χ1n) is 9.77. The van der Waals surface area contributed by atoms with Crippen LogP contribution in [0.3, 0.4) is 0 Å². The van der Waals surface area contributed by atoms with Crippen LogP contribution in [0, 0.1) is 5.92 Å². The van der Waals surface area contributed by atoms with Gasteiger partial charge < -0.3 is 10.6 Å². The van der Waals surface area contributed by atoms with Crippen molar-refractivity contribution in [3.8, 4) is 0 Å². The minimum atomic E-state index is 0.546. The van der Waals surface area contributed by atoms with Crippen LogP contribution < -0.4 is 10.6 Å². The largest absolute Gasteiger partial charge is 0.355 e. The SMILES string of the molecule is CN=C(NCc1cn2ccsc2n1)NCC(C(C)C)N1CCCCCC1. The quantitative estimate of drug-likeness (QED) is 0.601. The number of hydrogen-bond acceptors (Lipinski definition) is 4. The molecule has 26 heavy (non-hydrogen) atoms. The lowest BCUT2D eigenvalue weighted by Gasteiger charge is -2.34. The van der Waals surface area contributed by atoms with Gasteiger partial charge in [-0.15, -0.1) is 11.3 Å². The summed E-state index contributed by atoms with van der Waals surface area (Å²) in [5.41, 5.74) is 1.03. The summed E-state index contributed by atoms with van der Waals surface area (Å²) in [6, 6.07) is 0.546. The van der Waals surface area contributed by atoms with E-state index in [1.54, 1.807) is 11.3 Å². The lowest BCUT2D eigenvalue weighted by atomic mass is 10.0. The molecule has 2 aromatic heterocycles. The molecule has 0 bridgehead atoms. The van der Waals surface area contributed by atoms with Gasteiger partial charge in [-0.1, -0.05) is 26.7 Å². The van der Waals surface area contributed by atoms with Gasteiger partial charge in [0.25, 0.3) is 0 Å². The molecule has 1 aliphatic rings. The van der Waals surface area contributed by atoms with Crippen LogP contribution >= 0.6 is 11.3 Å². The summed E-state index contributed by atoms with van der Waals surface area (Å²) in [6.07, 6.45) is 9.51. The van der Waals surface area contributed by atoms with Gasteiger partial charge in [0.05, 0.1) is 12.2 Å². The van der Waals surface area contributed by atoms with Crippen LogP contribution in [0.4, 0.5) is 0 Å². The first-order valence-corrected chi connectivity index (χ1v) is 10.6. The van der Waals surface area contributed by atoms with Gasteiger partial charge >= 0.3 is 0 Å². The summed E-state index contributed by atoms with van der Waals surface area (Å²) >= 11 is 1.66. The van der Waals surface area contributed by atoms with Crippen molar-refractivity contribution in [3.63, 3.8) is 0 Å². The molecular weight excluding hydrogens is 344 g/mol. The van der Waals surface area contributed by atoms with Crippen molar-refractivity contribution < 1.29 is 0 Å². The molecular formula is C19H32N6S. The predicted octanol–water partition coefficient (Wildman–Crippen LogP) is 2.96. The van der Waals surface area contributed by atoms with E-state index in [2.05, 4.69) is 55.3 Å². The van der Waals surface area contributed by atoms with Gasteiger partial charge in [0.15, 0.2) is 10.9 Å². The van der Waals surface area contributed by atoms with Crippen LogP contribution in [0.2, 0.25) is 0 Å². The molecule has 1 aliphatic heterocycles. The van der Waals surface area contributed by atoms with Crippen molar-refractivity contribution in [2.24, 2.45) is 10.9 Å². The standard InChI is InChI=1S/C19H32N6S/c1-15(2)17(24-8-6-4-5-7-9-24)13-22-18(20-3)21-12-16-14-25-10-11-26-19(25)23-16/h10-11,14-15,17H,4-9,12-13H2,1-3H3,(H2,20,21,22). The fraction of sp³-hybridized carbons (Fsp3) is 0.684. The van der Waals surface area contributed by atoms with E-state index in [-0.39, 0.29) is 0 Å². The number of nitrogens with zero attached hydrogens (tertiary/aromatic N) is 4. The van der Waals surface area contributed by atoms with Gasteiger partial charge in [0, 0.05) is 37.4 Å². The van der Waals surface area contributed by atoms with E-state index in [0.29, 0.717) is 18.5 Å². The Kier molecular flexibility index (Phi) is 6.91. The monoisotopic (exact) mass is 376 g/mol. The number of guanidine groups is 1. The van der Waals surface area contributed by atoms with Gasteiger partial charge in [-0.2, -0.15) is 0 Å². The molecule has 2 N–H and O–H groups in total. The number of aromatic nitrogens is 2. The van der Waals surface area contributed by atoms with Crippen molar-refractivity contribution in [2.45, 2.75) is 52.1 Å². The average molecular weight is 377 g/mol. The number of thiazole rings is 1. The molecule has 1 fully saturated rings. The molecule has 0 amide bonds. The third-order valence-electron chi connectivity index (χ3n) is 5.16. The molecule has 0 radical (unpaired) electrons. The molecule has 144 valence electrons. The summed E-state index contributed by atoms with van der Waals surface area (Å²) in [4.78, 5) is 12.7. The van der Waals surface area contributed by atoms with E-state index >= 15 is 0 Å². The van der Waals surface area contributed by atoms with Crippen LogP contribution in [-0.4, -0.2) is 53.0 Å². The Bertz CT molecular complexity index is 667. The van der Waals surface area contributed by atoms with Crippen molar-refractivity contribution in [1.29, 1.82) is 0 Å². The number of likely N-dealkylation sites (tertiary alicyclic amines) is 1. The zero-order chi connectivity index (χ0) is 18.4. The molecule has 1 saturated heterocycles. The van der Waals surface area contributed by atoms with Crippen LogP contribution in [0.1, 0.15) is 45.2 Å². The van der Waals surface area contributed by atoms with Crippen molar-refractivity contribution in [3.05, 3.63) is 23.5 Å². The summed E-state index contributed by atoms with van der Waals surface area (Å²) in [6.45, 7) is 8.71. The highest BCUT2D eigenvalue weighted by atomic mass is 32.1. The number of fused-ring (bicyclic) bond motifs is 1. The van der Waals surface area contributed by atoms with Gasteiger partial charge in [-0.3, -0.25) is 14.3 Å². The molecule has 3 heterocycles. The molecule has 3 rings (SSSR count). The molecule has 6 nitrogen and oxygen atoms in total. The minimum absolute atomic E-state index is 0.546. The molecule has 1 atom stereocenters. The van der Waals surface area contributed by atoms with E-state index < -0.39 is 0 Å². The Hall–Kier alpha value is -1.60. The van der Waals surface area contributed by atoms with E-state index in [4.69, 9.17) is 0 Å². The van der Waals surface area contributed by atoms with Gasteiger partial charge in [0.2, 0.25) is 0 Å². The molecule has 0 saturated carbocycles. The molecule has 2 aromatic rings. The van der Waals surface area contributed by atoms with E-state index in [0.717, 1.165) is 23.2 Å². The topological polar surface area (TPSA) is 57.0 Å². The van der Waals surface area contributed by atoms with Crippen molar-refractivity contribution in [1.82, 2.24) is 24.9 Å². The number of rotatable bonds is 6. The Morgan fingerprint density at radius 1 is 1.23 bits per heavy atom. The second-order valence-electron chi connectivity index (χ2n) is 7.39. The zero-order valence-electron chi connectivity index (χ0n) is 16.2. The predicted molar refractivity (Wildman–Crippen MR) is 110 cm³/mol. The smallest absolute Gasteiger partial charge is 0.193 e. The summed E-state index contributed by atoms with van der Waals surface area (Å²) in [7, 11) is 1.83. The van der Waals surface area contributed by atoms with Gasteiger partial charge in [-0.05, 0) is 31.8 Å². The van der Waals surface area contributed by atoms with Crippen LogP contribution in [0.5, 0.6) is 0 Å². The summed E-state index contributed by atoms with van der Waals surface area (Å²) < 4.78 is 2.06. The summed E-state index contributed by atoms with van der Waals surface area (Å²) in [5.74, 6) is 1.47. The maximum atomic E-state index is 4.61. The highest BCUT2D eigenvalue weighted by molar-refractivity contribution is 7.15. The van der Waals surface area contributed by atoms with Crippen LogP contribution in [0.25, 0.3) is 4.96 Å². The Morgan fingerprint density at radius 3 is 2.65 bits per heavy atom. The lowest BCUT2D eigenvalue weighted by Crippen LogP contribution is -2.49.